The molecule has 1 amide bonds. The SMILES string of the molecule is N#CC1=C(SCC(=O)NC2CC2)NC2=C(C(=O)CCC2)[C@@H]1c1ccco1. The Morgan fingerprint density at radius 3 is 2.96 bits per heavy atom. The molecule has 134 valence electrons. The molecule has 1 aliphatic heterocycles. The van der Waals surface area contributed by atoms with Crippen molar-refractivity contribution in [2.24, 2.45) is 0 Å². The molecule has 26 heavy (non-hydrogen) atoms. The second-order valence-corrected chi connectivity index (χ2v) is 7.71. The number of nitrogens with one attached hydrogen (secondary N) is 2. The van der Waals surface area contributed by atoms with Gasteiger partial charge in [0.25, 0.3) is 0 Å². The number of nitrogens with zero attached hydrogens (tertiary/aromatic N) is 1. The lowest BCUT2D eigenvalue weighted by molar-refractivity contribution is -0.118. The molecule has 0 radical (unpaired) electrons. The van der Waals surface area contributed by atoms with Gasteiger partial charge >= 0.3 is 0 Å². The standard InChI is InChI=1S/C19H19N3O3S/c20-9-12-17(15-5-2-8-25-15)18-13(3-1-4-14(18)23)22-19(12)26-10-16(24)21-11-6-7-11/h2,5,8,11,17,22H,1,3-4,6-7,10H2,(H,21,24)/t17-/m0/s1. The Kier molecular flexibility index (Phi) is 4.60. The third-order valence-corrected chi connectivity index (χ3v) is 5.80. The van der Waals surface area contributed by atoms with Crippen LogP contribution in [0.1, 0.15) is 43.8 Å². The molecule has 3 aliphatic rings. The van der Waals surface area contributed by atoms with E-state index >= 15 is 0 Å². The number of Topliss-reactive ketones (excluding diaryl/α,β-unsaturated/α-hetero) is 1. The summed E-state index contributed by atoms with van der Waals surface area (Å²) in [4.78, 5) is 24.6. The summed E-state index contributed by atoms with van der Waals surface area (Å²) in [6.07, 6.45) is 5.67. The number of thioether (sulfide) groups is 1. The number of hydrogen-bond acceptors (Lipinski definition) is 6. The van der Waals surface area contributed by atoms with Crippen molar-refractivity contribution in [3.05, 3.63) is 46.0 Å². The fourth-order valence-corrected chi connectivity index (χ4v) is 4.29. The smallest absolute Gasteiger partial charge is 0.230 e. The van der Waals surface area contributed by atoms with Crippen LogP contribution in [0.5, 0.6) is 0 Å². The molecule has 2 N–H and O–H groups in total. The molecule has 1 fully saturated rings. The number of hydrogen-bond donors (Lipinski definition) is 2. The van der Waals surface area contributed by atoms with Crippen LogP contribution < -0.4 is 10.6 Å². The van der Waals surface area contributed by atoms with Crippen molar-refractivity contribution in [3.8, 4) is 6.07 Å². The van der Waals surface area contributed by atoms with Gasteiger partial charge in [-0.05, 0) is 37.8 Å². The molecule has 2 heterocycles. The quantitative estimate of drug-likeness (QED) is 0.829. The van der Waals surface area contributed by atoms with E-state index in [1.807, 2.05) is 0 Å². The summed E-state index contributed by atoms with van der Waals surface area (Å²) >= 11 is 1.31. The van der Waals surface area contributed by atoms with E-state index in [1.54, 1.807) is 18.4 Å². The predicted molar refractivity (Wildman–Crippen MR) is 96.7 cm³/mol. The van der Waals surface area contributed by atoms with Crippen LogP contribution in [-0.4, -0.2) is 23.5 Å². The van der Waals surface area contributed by atoms with Gasteiger partial charge in [0, 0.05) is 23.7 Å². The number of amides is 1. The number of furan rings is 1. The molecule has 6 nitrogen and oxygen atoms in total. The zero-order valence-corrected chi connectivity index (χ0v) is 15.0. The number of carbonyl (C=O) groups excluding carboxylic acids is 2. The number of carbonyl (C=O) groups is 2. The van der Waals surface area contributed by atoms with Gasteiger partial charge in [0.05, 0.1) is 34.6 Å². The molecule has 0 spiro atoms. The lowest BCUT2D eigenvalue weighted by atomic mass is 9.79. The van der Waals surface area contributed by atoms with Crippen molar-refractivity contribution in [2.45, 2.75) is 44.1 Å². The number of allylic oxidation sites excluding steroid dienone is 3. The highest BCUT2D eigenvalue weighted by Crippen LogP contribution is 2.44. The molecule has 0 unspecified atom stereocenters. The van der Waals surface area contributed by atoms with E-state index in [-0.39, 0.29) is 17.4 Å². The van der Waals surface area contributed by atoms with E-state index in [0.29, 0.717) is 34.4 Å². The lowest BCUT2D eigenvalue weighted by Gasteiger charge is -2.32. The summed E-state index contributed by atoms with van der Waals surface area (Å²) in [6, 6.07) is 6.11. The minimum atomic E-state index is -0.493. The molecule has 0 aromatic carbocycles. The molecule has 1 atom stereocenters. The molecule has 2 aliphatic carbocycles. The first-order valence-corrected chi connectivity index (χ1v) is 9.79. The maximum Gasteiger partial charge on any atom is 0.230 e. The number of ketones is 1. The van der Waals surface area contributed by atoms with Crippen LogP contribution in [0.25, 0.3) is 0 Å². The third-order valence-electron chi connectivity index (χ3n) is 4.78. The topological polar surface area (TPSA) is 95.1 Å². The first kappa shape index (κ1) is 17.0. The Morgan fingerprint density at radius 1 is 1.42 bits per heavy atom. The Hall–Kier alpha value is -2.46. The van der Waals surface area contributed by atoms with E-state index in [9.17, 15) is 14.9 Å². The van der Waals surface area contributed by atoms with Gasteiger partial charge < -0.3 is 15.1 Å². The molecule has 0 bridgehead atoms. The molecule has 4 rings (SSSR count). The molecular formula is C19H19N3O3S. The highest BCUT2D eigenvalue weighted by Gasteiger charge is 2.38. The summed E-state index contributed by atoms with van der Waals surface area (Å²) in [5.41, 5.74) is 1.93. The number of rotatable bonds is 5. The van der Waals surface area contributed by atoms with E-state index < -0.39 is 5.92 Å². The molecular weight excluding hydrogens is 350 g/mol. The van der Waals surface area contributed by atoms with E-state index in [1.165, 1.54) is 11.8 Å². The maximum atomic E-state index is 12.6. The van der Waals surface area contributed by atoms with E-state index in [2.05, 4.69) is 16.7 Å². The fourth-order valence-electron chi connectivity index (χ4n) is 3.41. The molecule has 7 heteroatoms. The van der Waals surface area contributed by atoms with Crippen LogP contribution in [0.3, 0.4) is 0 Å². The monoisotopic (exact) mass is 369 g/mol. The Bertz CT molecular complexity index is 844. The Balaban J connectivity index is 1.64. The largest absolute Gasteiger partial charge is 0.468 e. The molecule has 1 saturated carbocycles. The highest BCUT2D eigenvalue weighted by atomic mass is 32.2. The predicted octanol–water partition coefficient (Wildman–Crippen LogP) is 2.72. The lowest BCUT2D eigenvalue weighted by Crippen LogP contribution is -2.32. The summed E-state index contributed by atoms with van der Waals surface area (Å²) in [6.45, 7) is 0. The van der Waals surface area contributed by atoms with Crippen molar-refractivity contribution < 1.29 is 14.0 Å². The van der Waals surface area contributed by atoms with Crippen LogP contribution in [0.2, 0.25) is 0 Å². The normalized spacial score (nSPS) is 22.6. The molecule has 1 aromatic heterocycles. The average Bonchev–Trinajstić information content (AvgIpc) is 3.28. The van der Waals surface area contributed by atoms with Crippen molar-refractivity contribution in [2.75, 3.05) is 5.75 Å². The van der Waals surface area contributed by atoms with Gasteiger partial charge in [-0.3, -0.25) is 9.59 Å². The van der Waals surface area contributed by atoms with Crippen LogP contribution >= 0.6 is 11.8 Å². The molecule has 0 saturated heterocycles. The van der Waals surface area contributed by atoms with Gasteiger partial charge in [-0.25, -0.2) is 0 Å². The second-order valence-electron chi connectivity index (χ2n) is 6.73. The van der Waals surface area contributed by atoms with E-state index in [4.69, 9.17) is 4.42 Å². The van der Waals surface area contributed by atoms with Crippen molar-refractivity contribution >= 4 is 23.5 Å². The van der Waals surface area contributed by atoms with Crippen molar-refractivity contribution in [3.63, 3.8) is 0 Å². The first-order valence-electron chi connectivity index (χ1n) is 8.80. The van der Waals surface area contributed by atoms with Crippen LogP contribution in [0.15, 0.2) is 44.7 Å². The number of dihydropyridines is 1. The minimum Gasteiger partial charge on any atom is -0.468 e. The van der Waals surface area contributed by atoms with Crippen LogP contribution in [-0.2, 0) is 9.59 Å². The van der Waals surface area contributed by atoms with Crippen molar-refractivity contribution in [1.82, 2.24) is 10.6 Å². The highest BCUT2D eigenvalue weighted by molar-refractivity contribution is 8.03. The molecule has 1 aromatic rings. The van der Waals surface area contributed by atoms with Gasteiger partial charge in [0.1, 0.15) is 5.76 Å². The van der Waals surface area contributed by atoms with Gasteiger partial charge in [-0.2, -0.15) is 5.26 Å². The maximum absolute atomic E-state index is 12.6. The Labute approximate surface area is 155 Å². The minimum absolute atomic E-state index is 0.0295. The van der Waals surface area contributed by atoms with E-state index in [0.717, 1.165) is 31.4 Å². The summed E-state index contributed by atoms with van der Waals surface area (Å²) < 4.78 is 5.55. The zero-order chi connectivity index (χ0) is 18.1. The zero-order valence-electron chi connectivity index (χ0n) is 14.2. The first-order chi connectivity index (χ1) is 12.7. The second kappa shape index (κ2) is 7.04. The Morgan fingerprint density at radius 2 is 2.27 bits per heavy atom. The van der Waals surface area contributed by atoms with Gasteiger partial charge in [-0.1, -0.05) is 11.8 Å². The van der Waals surface area contributed by atoms with Gasteiger partial charge in [-0.15, -0.1) is 0 Å². The average molecular weight is 369 g/mol. The van der Waals surface area contributed by atoms with Crippen LogP contribution in [0.4, 0.5) is 0 Å². The number of nitriles is 1. The van der Waals surface area contributed by atoms with Gasteiger partial charge in [0.15, 0.2) is 5.78 Å². The van der Waals surface area contributed by atoms with Crippen molar-refractivity contribution in [1.29, 1.82) is 5.26 Å². The fraction of sp³-hybridized carbons (Fsp3) is 0.421. The summed E-state index contributed by atoms with van der Waals surface area (Å²) in [7, 11) is 0. The van der Waals surface area contributed by atoms with Crippen LogP contribution in [0, 0.1) is 11.3 Å². The summed E-state index contributed by atoms with van der Waals surface area (Å²) in [5, 5.41) is 16.6. The van der Waals surface area contributed by atoms with Gasteiger partial charge in [0.2, 0.25) is 5.91 Å². The summed E-state index contributed by atoms with van der Waals surface area (Å²) in [5.74, 6) is 0.367. The third kappa shape index (κ3) is 3.29.